The molecule has 1 aromatic heterocycles. The number of carbonyl (C=O) groups is 1. The van der Waals surface area contributed by atoms with E-state index in [4.69, 9.17) is 15.2 Å². The summed E-state index contributed by atoms with van der Waals surface area (Å²) < 4.78 is 10.6. The number of hydrogen-bond donors (Lipinski definition) is 1. The van der Waals surface area contributed by atoms with E-state index in [9.17, 15) is 4.79 Å². The number of ether oxygens (including phenoxy) is 2. The number of anilines is 1. The highest BCUT2D eigenvalue weighted by atomic mass is 16.5. The van der Waals surface area contributed by atoms with Crippen molar-refractivity contribution in [3.05, 3.63) is 24.0 Å². The molecule has 1 aromatic rings. The Balaban J connectivity index is 2.09. The normalized spacial score (nSPS) is 23.3. The van der Waals surface area contributed by atoms with Crippen LogP contribution in [0.3, 0.4) is 0 Å². The van der Waals surface area contributed by atoms with Gasteiger partial charge >= 0.3 is 0 Å². The van der Waals surface area contributed by atoms with Gasteiger partial charge in [-0.2, -0.15) is 0 Å². The second kappa shape index (κ2) is 5.32. The van der Waals surface area contributed by atoms with Gasteiger partial charge in [0.2, 0.25) is 0 Å². The molecule has 98 valence electrons. The number of carbonyl (C=O) groups excluding carboxylic acids is 1. The van der Waals surface area contributed by atoms with E-state index in [1.54, 1.807) is 31.3 Å². The summed E-state index contributed by atoms with van der Waals surface area (Å²) >= 11 is 0. The van der Waals surface area contributed by atoms with Gasteiger partial charge in [0, 0.05) is 27.3 Å². The second-order valence-corrected chi connectivity index (χ2v) is 4.24. The van der Waals surface area contributed by atoms with Gasteiger partial charge in [0.25, 0.3) is 5.91 Å². The van der Waals surface area contributed by atoms with Gasteiger partial charge in [-0.05, 0) is 12.1 Å². The van der Waals surface area contributed by atoms with Crippen LogP contribution in [0, 0.1) is 0 Å². The molecular weight excluding hydrogens is 234 g/mol. The minimum absolute atomic E-state index is 0.0901. The minimum Gasteiger partial charge on any atom is -0.397 e. The van der Waals surface area contributed by atoms with E-state index in [0.717, 1.165) is 0 Å². The van der Waals surface area contributed by atoms with Gasteiger partial charge < -0.3 is 20.1 Å². The predicted molar refractivity (Wildman–Crippen MR) is 66.1 cm³/mol. The van der Waals surface area contributed by atoms with Crippen molar-refractivity contribution in [2.75, 3.05) is 33.0 Å². The van der Waals surface area contributed by atoms with Gasteiger partial charge in [0.1, 0.15) is 17.9 Å². The fourth-order valence-corrected chi connectivity index (χ4v) is 2.06. The minimum atomic E-state index is -0.128. The lowest BCUT2D eigenvalue weighted by Crippen LogP contribution is -2.30. The average Bonchev–Trinajstić information content (AvgIpc) is 2.82. The molecule has 1 amide bonds. The van der Waals surface area contributed by atoms with Crippen LogP contribution in [-0.2, 0) is 9.47 Å². The highest BCUT2D eigenvalue weighted by molar-refractivity contribution is 5.92. The van der Waals surface area contributed by atoms with Gasteiger partial charge in [0.05, 0.1) is 11.9 Å². The van der Waals surface area contributed by atoms with Crippen molar-refractivity contribution in [2.45, 2.75) is 12.2 Å². The first-order valence-corrected chi connectivity index (χ1v) is 5.72. The molecule has 2 rings (SSSR count). The summed E-state index contributed by atoms with van der Waals surface area (Å²) in [5.74, 6) is -0.128. The molecule has 0 bridgehead atoms. The number of nitrogens with two attached hydrogens (primary N) is 1. The lowest BCUT2D eigenvalue weighted by molar-refractivity contribution is -0.00461. The van der Waals surface area contributed by atoms with Gasteiger partial charge in [0.15, 0.2) is 0 Å². The highest BCUT2D eigenvalue weighted by Gasteiger charge is 2.36. The number of hydrogen-bond acceptors (Lipinski definition) is 5. The number of pyridine rings is 1. The SMILES string of the molecule is COC1CN(C(=O)c2ccc(N)cn2)CC1OC. The maximum atomic E-state index is 12.2. The van der Waals surface area contributed by atoms with Crippen molar-refractivity contribution in [1.82, 2.24) is 9.88 Å². The molecule has 6 nitrogen and oxygen atoms in total. The van der Waals surface area contributed by atoms with Crippen LogP contribution in [0.5, 0.6) is 0 Å². The third-order valence-corrected chi connectivity index (χ3v) is 3.11. The number of amides is 1. The maximum absolute atomic E-state index is 12.2. The standard InChI is InChI=1S/C12H17N3O3/c1-17-10-6-15(7-11(10)18-2)12(16)9-4-3-8(13)5-14-9/h3-5,10-11H,6-7,13H2,1-2H3. The Hall–Kier alpha value is -1.66. The quantitative estimate of drug-likeness (QED) is 0.827. The van der Waals surface area contributed by atoms with Gasteiger partial charge in [-0.25, -0.2) is 4.98 Å². The third kappa shape index (κ3) is 2.44. The molecule has 6 heteroatoms. The van der Waals surface area contributed by atoms with Crippen LogP contribution in [0.2, 0.25) is 0 Å². The number of rotatable bonds is 3. The van der Waals surface area contributed by atoms with Crippen molar-refractivity contribution in [1.29, 1.82) is 0 Å². The Morgan fingerprint density at radius 1 is 1.33 bits per heavy atom. The first kappa shape index (κ1) is 12.8. The number of nitrogens with zero attached hydrogens (tertiary/aromatic N) is 2. The molecule has 18 heavy (non-hydrogen) atoms. The van der Waals surface area contributed by atoms with Gasteiger partial charge in [-0.3, -0.25) is 4.79 Å². The molecule has 1 saturated heterocycles. The zero-order chi connectivity index (χ0) is 13.1. The highest BCUT2D eigenvalue weighted by Crippen LogP contribution is 2.17. The molecular formula is C12H17N3O3. The van der Waals surface area contributed by atoms with Crippen LogP contribution in [0.15, 0.2) is 18.3 Å². The molecule has 0 saturated carbocycles. The summed E-state index contributed by atoms with van der Waals surface area (Å²) in [6.07, 6.45) is 1.30. The molecule has 2 unspecified atom stereocenters. The molecule has 2 atom stereocenters. The summed E-state index contributed by atoms with van der Waals surface area (Å²) in [4.78, 5) is 17.9. The molecule has 1 aliphatic heterocycles. The number of nitrogen functional groups attached to an aromatic ring is 1. The molecule has 1 fully saturated rings. The van der Waals surface area contributed by atoms with E-state index in [2.05, 4.69) is 4.98 Å². The van der Waals surface area contributed by atoms with Gasteiger partial charge in [-0.1, -0.05) is 0 Å². The Morgan fingerprint density at radius 3 is 2.39 bits per heavy atom. The van der Waals surface area contributed by atoms with E-state index in [1.165, 1.54) is 6.20 Å². The molecule has 1 aliphatic rings. The van der Waals surface area contributed by atoms with Crippen molar-refractivity contribution in [3.63, 3.8) is 0 Å². The largest absolute Gasteiger partial charge is 0.397 e. The smallest absolute Gasteiger partial charge is 0.272 e. The van der Waals surface area contributed by atoms with E-state index in [1.807, 2.05) is 0 Å². The first-order valence-electron chi connectivity index (χ1n) is 5.72. The van der Waals surface area contributed by atoms with Crippen molar-refractivity contribution in [3.8, 4) is 0 Å². The average molecular weight is 251 g/mol. The lowest BCUT2D eigenvalue weighted by Gasteiger charge is -2.14. The van der Waals surface area contributed by atoms with E-state index in [0.29, 0.717) is 24.5 Å². The third-order valence-electron chi connectivity index (χ3n) is 3.11. The maximum Gasteiger partial charge on any atom is 0.272 e. The zero-order valence-corrected chi connectivity index (χ0v) is 10.5. The molecule has 0 aliphatic carbocycles. The Kier molecular flexibility index (Phi) is 3.78. The van der Waals surface area contributed by atoms with Crippen LogP contribution in [0.1, 0.15) is 10.5 Å². The molecule has 0 radical (unpaired) electrons. The van der Waals surface area contributed by atoms with Crippen molar-refractivity contribution < 1.29 is 14.3 Å². The Morgan fingerprint density at radius 2 is 1.94 bits per heavy atom. The van der Waals surface area contributed by atoms with E-state index < -0.39 is 0 Å². The number of aromatic nitrogens is 1. The van der Waals surface area contributed by atoms with E-state index >= 15 is 0 Å². The number of methoxy groups -OCH3 is 2. The summed E-state index contributed by atoms with van der Waals surface area (Å²) in [6.45, 7) is 1.03. The van der Waals surface area contributed by atoms with Crippen molar-refractivity contribution in [2.24, 2.45) is 0 Å². The Labute approximate surface area is 106 Å². The van der Waals surface area contributed by atoms with Gasteiger partial charge in [-0.15, -0.1) is 0 Å². The second-order valence-electron chi connectivity index (χ2n) is 4.24. The topological polar surface area (TPSA) is 77.7 Å². The summed E-state index contributed by atoms with van der Waals surface area (Å²) in [5.41, 5.74) is 6.46. The van der Waals surface area contributed by atoms with Crippen LogP contribution in [0.4, 0.5) is 5.69 Å². The lowest BCUT2D eigenvalue weighted by atomic mass is 10.3. The van der Waals surface area contributed by atoms with Crippen LogP contribution in [-0.4, -0.2) is 55.3 Å². The summed E-state index contributed by atoms with van der Waals surface area (Å²) in [5, 5.41) is 0. The van der Waals surface area contributed by atoms with Crippen molar-refractivity contribution >= 4 is 11.6 Å². The molecule has 2 heterocycles. The summed E-state index contributed by atoms with van der Waals surface area (Å²) in [6, 6.07) is 3.29. The van der Waals surface area contributed by atoms with Crippen LogP contribution >= 0.6 is 0 Å². The number of likely N-dealkylation sites (tertiary alicyclic amines) is 1. The fourth-order valence-electron chi connectivity index (χ4n) is 2.06. The molecule has 0 spiro atoms. The van der Waals surface area contributed by atoms with Crippen LogP contribution < -0.4 is 5.73 Å². The van der Waals surface area contributed by atoms with Crippen LogP contribution in [0.25, 0.3) is 0 Å². The zero-order valence-electron chi connectivity index (χ0n) is 10.5. The Bertz CT molecular complexity index is 409. The van der Waals surface area contributed by atoms with E-state index in [-0.39, 0.29) is 18.1 Å². The molecule has 0 aromatic carbocycles. The molecule has 2 N–H and O–H groups in total. The first-order chi connectivity index (χ1) is 8.65. The summed E-state index contributed by atoms with van der Waals surface area (Å²) in [7, 11) is 3.23. The fraction of sp³-hybridized carbons (Fsp3) is 0.500. The predicted octanol–water partition coefficient (Wildman–Crippen LogP) is 0.150. The monoisotopic (exact) mass is 251 g/mol.